The summed E-state index contributed by atoms with van der Waals surface area (Å²) in [5, 5.41) is 15.3. The van der Waals surface area contributed by atoms with E-state index in [0.29, 0.717) is 25.9 Å². The highest BCUT2D eigenvalue weighted by atomic mass is 16.5. The summed E-state index contributed by atoms with van der Waals surface area (Å²) in [6, 6.07) is -0.436. The molecule has 6 heteroatoms. The molecule has 2 fully saturated rings. The molecule has 2 heterocycles. The summed E-state index contributed by atoms with van der Waals surface area (Å²) in [6.07, 6.45) is 0.577. The Morgan fingerprint density at radius 2 is 1.94 bits per heavy atom. The van der Waals surface area contributed by atoms with Gasteiger partial charge in [-0.3, -0.25) is 9.59 Å². The lowest BCUT2D eigenvalue weighted by Gasteiger charge is -2.13. The van der Waals surface area contributed by atoms with Crippen LogP contribution in [0.25, 0.3) is 0 Å². The van der Waals surface area contributed by atoms with Gasteiger partial charge in [-0.1, -0.05) is 0 Å². The molecule has 4 atom stereocenters. The number of β-amino-alcohol motifs (C(OH)–C–C–N with tert-alkyl or cyclic N) is 1. The van der Waals surface area contributed by atoms with E-state index in [1.54, 1.807) is 6.92 Å². The van der Waals surface area contributed by atoms with E-state index in [1.165, 1.54) is 0 Å². The topological polar surface area (TPSA) is 87.7 Å². The Morgan fingerprint density at radius 3 is 2.50 bits per heavy atom. The Labute approximate surface area is 106 Å². The van der Waals surface area contributed by atoms with Gasteiger partial charge in [-0.05, 0) is 19.8 Å². The molecule has 0 aromatic heterocycles. The van der Waals surface area contributed by atoms with Crippen molar-refractivity contribution < 1.29 is 19.4 Å². The predicted molar refractivity (Wildman–Crippen MR) is 64.3 cm³/mol. The van der Waals surface area contributed by atoms with Crippen molar-refractivity contribution in [3.8, 4) is 0 Å². The summed E-state index contributed by atoms with van der Waals surface area (Å²) in [7, 11) is 0. The molecule has 18 heavy (non-hydrogen) atoms. The number of hydrogen-bond acceptors (Lipinski definition) is 6. The van der Waals surface area contributed by atoms with Crippen LogP contribution in [0.1, 0.15) is 19.8 Å². The van der Waals surface area contributed by atoms with Gasteiger partial charge in [0, 0.05) is 13.1 Å². The second kappa shape index (κ2) is 5.88. The first kappa shape index (κ1) is 13.6. The monoisotopic (exact) mass is 256 g/mol. The molecule has 3 N–H and O–H groups in total. The average molecular weight is 256 g/mol. The van der Waals surface area contributed by atoms with E-state index in [0.717, 1.165) is 0 Å². The zero-order valence-electron chi connectivity index (χ0n) is 10.5. The van der Waals surface area contributed by atoms with Crippen LogP contribution in [0.15, 0.2) is 0 Å². The Hall–Kier alpha value is -0.820. The minimum atomic E-state index is -0.436. The quantitative estimate of drug-likeness (QED) is 0.561. The molecule has 0 spiro atoms. The molecule has 0 radical (unpaired) electrons. The predicted octanol–water partition coefficient (Wildman–Crippen LogP) is -1.39. The van der Waals surface area contributed by atoms with Gasteiger partial charge < -0.3 is 20.5 Å². The summed E-state index contributed by atoms with van der Waals surface area (Å²) >= 11 is 0. The van der Waals surface area contributed by atoms with Crippen molar-refractivity contribution in [3.63, 3.8) is 0 Å². The lowest BCUT2D eigenvalue weighted by molar-refractivity contribution is -0.127. The Morgan fingerprint density at radius 1 is 1.22 bits per heavy atom. The molecule has 2 aliphatic rings. The zero-order chi connectivity index (χ0) is 13.1. The molecule has 102 valence electrons. The van der Waals surface area contributed by atoms with Gasteiger partial charge >= 0.3 is 0 Å². The highest BCUT2D eigenvalue weighted by Gasteiger charge is 2.31. The maximum absolute atomic E-state index is 11.8. The number of nitrogens with one attached hydrogen (secondary N) is 2. The molecule has 0 amide bonds. The van der Waals surface area contributed by atoms with E-state index < -0.39 is 6.10 Å². The van der Waals surface area contributed by atoms with Crippen LogP contribution < -0.4 is 10.6 Å². The van der Waals surface area contributed by atoms with Crippen LogP contribution in [0.5, 0.6) is 0 Å². The molecule has 0 unspecified atom stereocenters. The van der Waals surface area contributed by atoms with Crippen molar-refractivity contribution in [2.45, 2.75) is 44.1 Å². The number of rotatable bonds is 5. The summed E-state index contributed by atoms with van der Waals surface area (Å²) in [4.78, 5) is 22.9. The summed E-state index contributed by atoms with van der Waals surface area (Å²) < 4.78 is 5.51. The van der Waals surface area contributed by atoms with E-state index in [2.05, 4.69) is 10.6 Å². The molecule has 2 aliphatic heterocycles. The molecule has 0 saturated carbocycles. The summed E-state index contributed by atoms with van der Waals surface area (Å²) in [6.45, 7) is 2.67. The van der Waals surface area contributed by atoms with Crippen LogP contribution in [0, 0.1) is 0 Å². The normalized spacial score (nSPS) is 35.9. The Bertz CT molecular complexity index is 334. The number of aliphatic hydroxyl groups is 1. The number of aliphatic hydroxyl groups excluding tert-OH is 1. The highest BCUT2D eigenvalue weighted by Crippen LogP contribution is 2.12. The minimum absolute atomic E-state index is 0.0298. The van der Waals surface area contributed by atoms with Gasteiger partial charge in [0.15, 0.2) is 5.78 Å². The largest absolute Gasteiger partial charge is 0.392 e. The SMILES string of the molecule is CC(=O)[C@@H]1C[C@H](OCC(=O)[C@H]2C[C@@H](O)CN2)CN1. The van der Waals surface area contributed by atoms with Gasteiger partial charge in [-0.2, -0.15) is 0 Å². The lowest BCUT2D eigenvalue weighted by atomic mass is 10.1. The van der Waals surface area contributed by atoms with Crippen molar-refractivity contribution in [2.75, 3.05) is 19.7 Å². The molecular formula is C12H20N2O4. The molecule has 0 bridgehead atoms. The Balaban J connectivity index is 1.69. The van der Waals surface area contributed by atoms with Gasteiger partial charge in [0.1, 0.15) is 12.4 Å². The first-order valence-corrected chi connectivity index (χ1v) is 6.36. The molecule has 2 rings (SSSR count). The van der Waals surface area contributed by atoms with E-state index >= 15 is 0 Å². The second-order valence-corrected chi connectivity index (χ2v) is 5.06. The molecule has 6 nitrogen and oxygen atoms in total. The van der Waals surface area contributed by atoms with Crippen molar-refractivity contribution in [1.29, 1.82) is 0 Å². The van der Waals surface area contributed by atoms with E-state index in [-0.39, 0.29) is 36.4 Å². The minimum Gasteiger partial charge on any atom is -0.392 e. The lowest BCUT2D eigenvalue weighted by Crippen LogP contribution is -2.35. The van der Waals surface area contributed by atoms with Gasteiger partial charge in [0.2, 0.25) is 0 Å². The van der Waals surface area contributed by atoms with Crippen LogP contribution in [0.3, 0.4) is 0 Å². The van der Waals surface area contributed by atoms with Crippen molar-refractivity contribution in [2.24, 2.45) is 0 Å². The maximum atomic E-state index is 11.8. The number of hydrogen-bond donors (Lipinski definition) is 3. The van der Waals surface area contributed by atoms with Crippen LogP contribution in [-0.2, 0) is 14.3 Å². The van der Waals surface area contributed by atoms with E-state index in [4.69, 9.17) is 4.74 Å². The maximum Gasteiger partial charge on any atom is 0.175 e. The van der Waals surface area contributed by atoms with E-state index in [9.17, 15) is 14.7 Å². The number of carbonyl (C=O) groups excluding carboxylic acids is 2. The first-order chi connectivity index (χ1) is 8.56. The van der Waals surface area contributed by atoms with Crippen molar-refractivity contribution >= 4 is 11.6 Å². The third-order valence-electron chi connectivity index (χ3n) is 3.54. The van der Waals surface area contributed by atoms with Crippen LogP contribution in [0.4, 0.5) is 0 Å². The fourth-order valence-corrected chi connectivity index (χ4v) is 2.40. The van der Waals surface area contributed by atoms with Crippen LogP contribution in [0.2, 0.25) is 0 Å². The smallest absolute Gasteiger partial charge is 0.175 e. The zero-order valence-corrected chi connectivity index (χ0v) is 10.5. The number of Topliss-reactive ketones (excluding diaryl/α,β-unsaturated/α-hetero) is 2. The summed E-state index contributed by atoms with van der Waals surface area (Å²) in [5.74, 6) is 0.0748. The number of ether oxygens (including phenoxy) is 1. The fourth-order valence-electron chi connectivity index (χ4n) is 2.40. The first-order valence-electron chi connectivity index (χ1n) is 6.36. The third-order valence-corrected chi connectivity index (χ3v) is 3.54. The van der Waals surface area contributed by atoms with Gasteiger partial charge in [-0.15, -0.1) is 0 Å². The number of ketones is 2. The average Bonchev–Trinajstić information content (AvgIpc) is 2.94. The molecule has 0 aliphatic carbocycles. The molecule has 2 saturated heterocycles. The van der Waals surface area contributed by atoms with Gasteiger partial charge in [0.05, 0.1) is 24.3 Å². The third kappa shape index (κ3) is 3.35. The highest BCUT2D eigenvalue weighted by molar-refractivity contribution is 5.85. The fraction of sp³-hybridized carbons (Fsp3) is 0.833. The van der Waals surface area contributed by atoms with Crippen molar-refractivity contribution in [1.82, 2.24) is 10.6 Å². The Kier molecular flexibility index (Phi) is 4.45. The summed E-state index contributed by atoms with van der Waals surface area (Å²) in [5.41, 5.74) is 0. The number of carbonyl (C=O) groups is 2. The molecule has 0 aromatic carbocycles. The van der Waals surface area contributed by atoms with E-state index in [1.807, 2.05) is 0 Å². The molecular weight excluding hydrogens is 236 g/mol. The van der Waals surface area contributed by atoms with Crippen molar-refractivity contribution in [3.05, 3.63) is 0 Å². The standard InChI is InChI=1S/C12H20N2O4/c1-7(15)10-3-9(5-14-10)18-6-12(17)11-2-8(16)4-13-11/h8-11,13-14,16H,2-6H2,1H3/t8-,9+,10+,11-/m1/s1. The second-order valence-electron chi connectivity index (χ2n) is 5.06. The van der Waals surface area contributed by atoms with Crippen LogP contribution in [-0.4, -0.2) is 60.7 Å². The van der Waals surface area contributed by atoms with Gasteiger partial charge in [0.25, 0.3) is 0 Å². The van der Waals surface area contributed by atoms with Gasteiger partial charge in [-0.25, -0.2) is 0 Å². The molecule has 0 aromatic rings. The van der Waals surface area contributed by atoms with Crippen LogP contribution >= 0.6 is 0 Å².